The second kappa shape index (κ2) is 10.7. The standard InChI is InChI=1S/C17H34N4/c1-4-6-7-8-9-10-11-12-13-14-15-17(3,5-2)21-16-18-19-20-21/h16H,4-15H2,1-3H3. The smallest absolute Gasteiger partial charge is 0.138 e. The molecular formula is C17H34N4. The summed E-state index contributed by atoms with van der Waals surface area (Å²) in [6.07, 6.45) is 17.9. The summed E-state index contributed by atoms with van der Waals surface area (Å²) in [4.78, 5) is 0. The zero-order valence-corrected chi connectivity index (χ0v) is 14.4. The molecule has 0 aliphatic heterocycles. The molecule has 0 aliphatic rings. The maximum Gasteiger partial charge on any atom is 0.138 e. The van der Waals surface area contributed by atoms with Crippen molar-refractivity contribution in [1.82, 2.24) is 20.2 Å². The van der Waals surface area contributed by atoms with E-state index in [2.05, 4.69) is 36.3 Å². The molecular weight excluding hydrogens is 260 g/mol. The van der Waals surface area contributed by atoms with E-state index in [4.69, 9.17) is 0 Å². The average molecular weight is 294 g/mol. The molecule has 1 aromatic heterocycles. The molecule has 0 bridgehead atoms. The maximum absolute atomic E-state index is 4.08. The third kappa shape index (κ3) is 7.05. The van der Waals surface area contributed by atoms with E-state index in [9.17, 15) is 0 Å². The lowest BCUT2D eigenvalue weighted by Crippen LogP contribution is -2.30. The molecule has 1 atom stereocenters. The Morgan fingerprint density at radius 2 is 1.43 bits per heavy atom. The van der Waals surface area contributed by atoms with E-state index in [-0.39, 0.29) is 5.54 Å². The lowest BCUT2D eigenvalue weighted by molar-refractivity contribution is 0.239. The van der Waals surface area contributed by atoms with E-state index >= 15 is 0 Å². The summed E-state index contributed by atoms with van der Waals surface area (Å²) < 4.78 is 1.93. The van der Waals surface area contributed by atoms with Gasteiger partial charge >= 0.3 is 0 Å². The molecule has 0 saturated heterocycles. The van der Waals surface area contributed by atoms with Crippen LogP contribution in [0.3, 0.4) is 0 Å². The number of tetrazole rings is 1. The first-order chi connectivity index (χ1) is 10.2. The van der Waals surface area contributed by atoms with Gasteiger partial charge in [0.1, 0.15) is 6.33 Å². The SMILES string of the molecule is CCCCCCCCCCCCC(C)(CC)n1cnnn1. The summed E-state index contributed by atoms with van der Waals surface area (Å²) in [6.45, 7) is 6.76. The number of hydrogen-bond donors (Lipinski definition) is 0. The first kappa shape index (κ1) is 18.1. The lowest BCUT2D eigenvalue weighted by atomic mass is 9.91. The molecule has 21 heavy (non-hydrogen) atoms. The normalized spacial score (nSPS) is 14.2. The Balaban J connectivity index is 2.03. The number of unbranched alkanes of at least 4 members (excludes halogenated alkanes) is 9. The highest BCUT2D eigenvalue weighted by molar-refractivity contribution is 4.78. The van der Waals surface area contributed by atoms with E-state index in [1.54, 1.807) is 6.33 Å². The molecule has 4 heteroatoms. The first-order valence-electron chi connectivity index (χ1n) is 8.96. The number of hydrogen-bond acceptors (Lipinski definition) is 3. The zero-order valence-electron chi connectivity index (χ0n) is 14.4. The van der Waals surface area contributed by atoms with Crippen molar-refractivity contribution in [2.75, 3.05) is 0 Å². The highest BCUT2D eigenvalue weighted by Gasteiger charge is 2.24. The van der Waals surface area contributed by atoms with Crippen LogP contribution in [0.1, 0.15) is 97.8 Å². The van der Waals surface area contributed by atoms with Crippen molar-refractivity contribution < 1.29 is 0 Å². The van der Waals surface area contributed by atoms with Gasteiger partial charge < -0.3 is 0 Å². The Kier molecular flexibility index (Phi) is 9.27. The van der Waals surface area contributed by atoms with E-state index in [1.807, 2.05) is 4.68 Å². The van der Waals surface area contributed by atoms with Gasteiger partial charge in [-0.05, 0) is 30.2 Å². The van der Waals surface area contributed by atoms with Crippen LogP contribution in [0.15, 0.2) is 6.33 Å². The van der Waals surface area contributed by atoms with Crippen LogP contribution in [0.5, 0.6) is 0 Å². The van der Waals surface area contributed by atoms with Gasteiger partial charge in [0.25, 0.3) is 0 Å². The summed E-state index contributed by atoms with van der Waals surface area (Å²) in [5.41, 5.74) is 0.0870. The second-order valence-electron chi connectivity index (χ2n) is 6.54. The highest BCUT2D eigenvalue weighted by Crippen LogP contribution is 2.26. The van der Waals surface area contributed by atoms with Crippen LogP contribution < -0.4 is 0 Å². The third-order valence-corrected chi connectivity index (χ3v) is 4.73. The summed E-state index contributed by atoms with van der Waals surface area (Å²) in [7, 11) is 0. The largest absolute Gasteiger partial charge is 0.227 e. The average Bonchev–Trinajstić information content (AvgIpc) is 3.04. The van der Waals surface area contributed by atoms with Crippen LogP contribution >= 0.6 is 0 Å². The second-order valence-corrected chi connectivity index (χ2v) is 6.54. The molecule has 1 aromatic rings. The quantitative estimate of drug-likeness (QED) is 0.475. The summed E-state index contributed by atoms with van der Waals surface area (Å²) in [5, 5.41) is 11.6. The molecule has 0 fully saturated rings. The molecule has 122 valence electrons. The van der Waals surface area contributed by atoms with E-state index in [0.717, 1.165) is 6.42 Å². The maximum atomic E-state index is 4.08. The number of aromatic nitrogens is 4. The monoisotopic (exact) mass is 294 g/mol. The van der Waals surface area contributed by atoms with Gasteiger partial charge in [0, 0.05) is 0 Å². The van der Waals surface area contributed by atoms with Gasteiger partial charge in [0.05, 0.1) is 5.54 Å². The van der Waals surface area contributed by atoms with Gasteiger partial charge in [-0.2, -0.15) is 0 Å². The number of rotatable bonds is 13. The van der Waals surface area contributed by atoms with E-state index < -0.39 is 0 Å². The summed E-state index contributed by atoms with van der Waals surface area (Å²) in [6, 6.07) is 0. The minimum absolute atomic E-state index is 0.0870. The van der Waals surface area contributed by atoms with Crippen LogP contribution in [0.2, 0.25) is 0 Å². The van der Waals surface area contributed by atoms with Crippen molar-refractivity contribution in [3.8, 4) is 0 Å². The molecule has 1 rings (SSSR count). The van der Waals surface area contributed by atoms with Gasteiger partial charge in [0.2, 0.25) is 0 Å². The van der Waals surface area contributed by atoms with Gasteiger partial charge in [-0.15, -0.1) is 5.10 Å². The molecule has 0 N–H and O–H groups in total. The molecule has 1 unspecified atom stereocenters. The van der Waals surface area contributed by atoms with Gasteiger partial charge in [-0.1, -0.05) is 78.1 Å². The molecule has 0 radical (unpaired) electrons. The predicted molar refractivity (Wildman–Crippen MR) is 88.2 cm³/mol. The van der Waals surface area contributed by atoms with E-state index in [0.29, 0.717) is 0 Å². The van der Waals surface area contributed by atoms with Crippen LogP contribution in [-0.2, 0) is 5.54 Å². The van der Waals surface area contributed by atoms with Crippen LogP contribution in [0.4, 0.5) is 0 Å². The molecule has 0 spiro atoms. The third-order valence-electron chi connectivity index (χ3n) is 4.73. The minimum atomic E-state index is 0.0870. The van der Waals surface area contributed by atoms with Gasteiger partial charge in [0.15, 0.2) is 0 Å². The fourth-order valence-corrected chi connectivity index (χ4v) is 2.86. The van der Waals surface area contributed by atoms with Gasteiger partial charge in [-0.3, -0.25) is 0 Å². The fraction of sp³-hybridized carbons (Fsp3) is 0.941. The lowest BCUT2D eigenvalue weighted by Gasteiger charge is -2.27. The van der Waals surface area contributed by atoms with Crippen LogP contribution in [-0.4, -0.2) is 20.2 Å². The topological polar surface area (TPSA) is 43.6 Å². The highest BCUT2D eigenvalue weighted by atomic mass is 15.5. The molecule has 4 nitrogen and oxygen atoms in total. The Bertz CT molecular complexity index is 337. The molecule has 0 amide bonds. The van der Waals surface area contributed by atoms with Crippen LogP contribution in [0, 0.1) is 0 Å². The van der Waals surface area contributed by atoms with E-state index in [1.165, 1.54) is 70.6 Å². The Labute approximate surface area is 130 Å². The van der Waals surface area contributed by atoms with Crippen LogP contribution in [0.25, 0.3) is 0 Å². The van der Waals surface area contributed by atoms with Crippen molar-refractivity contribution >= 4 is 0 Å². The van der Waals surface area contributed by atoms with Crippen molar-refractivity contribution in [2.45, 2.75) is 103 Å². The van der Waals surface area contributed by atoms with Crippen molar-refractivity contribution in [3.05, 3.63) is 6.33 Å². The minimum Gasteiger partial charge on any atom is -0.227 e. The van der Waals surface area contributed by atoms with Crippen molar-refractivity contribution in [3.63, 3.8) is 0 Å². The Hall–Kier alpha value is -0.930. The molecule has 0 saturated carbocycles. The van der Waals surface area contributed by atoms with Crippen molar-refractivity contribution in [2.24, 2.45) is 0 Å². The Morgan fingerprint density at radius 3 is 1.90 bits per heavy atom. The number of nitrogens with zero attached hydrogens (tertiary/aromatic N) is 4. The fourth-order valence-electron chi connectivity index (χ4n) is 2.86. The Morgan fingerprint density at radius 1 is 0.857 bits per heavy atom. The molecule has 0 aromatic carbocycles. The zero-order chi connectivity index (χ0) is 15.4. The summed E-state index contributed by atoms with van der Waals surface area (Å²) in [5.74, 6) is 0. The first-order valence-corrected chi connectivity index (χ1v) is 8.96. The van der Waals surface area contributed by atoms with Crippen molar-refractivity contribution in [1.29, 1.82) is 0 Å². The molecule has 1 heterocycles. The molecule has 0 aliphatic carbocycles. The predicted octanol–water partition coefficient (Wildman–Crippen LogP) is 5.11. The summed E-state index contributed by atoms with van der Waals surface area (Å²) >= 11 is 0. The van der Waals surface area contributed by atoms with Gasteiger partial charge in [-0.25, -0.2) is 4.68 Å².